The maximum absolute atomic E-state index is 13.3. The lowest BCUT2D eigenvalue weighted by Gasteiger charge is -2.57. The number of ketones is 1. The quantitative estimate of drug-likeness (QED) is 0.0696. The van der Waals surface area contributed by atoms with E-state index < -0.39 is 95.3 Å². The monoisotopic (exact) mass is 632 g/mol. The first kappa shape index (κ1) is 35.2. The van der Waals surface area contributed by atoms with Crippen molar-refractivity contribution < 1.29 is 54.1 Å². The second kappa shape index (κ2) is 13.2. The predicted molar refractivity (Wildman–Crippen MR) is 162 cm³/mol. The van der Waals surface area contributed by atoms with Crippen molar-refractivity contribution in [2.45, 2.75) is 107 Å². The van der Waals surface area contributed by atoms with E-state index in [0.717, 1.165) is 25.7 Å². The molecule has 3 fully saturated rings. The minimum absolute atomic E-state index is 0.118. The summed E-state index contributed by atoms with van der Waals surface area (Å²) in [6.07, 6.45) is 11.5. The van der Waals surface area contributed by atoms with E-state index in [4.69, 9.17) is 14.2 Å². The normalized spacial score (nSPS) is 41.4. The average molecular weight is 633 g/mol. The molecule has 2 saturated carbocycles. The second-order valence-electron chi connectivity index (χ2n) is 13.4. The first-order valence-electron chi connectivity index (χ1n) is 15.9. The van der Waals surface area contributed by atoms with Crippen LogP contribution in [0.4, 0.5) is 0 Å². The maximum atomic E-state index is 13.3. The Kier molecular flexibility index (Phi) is 10.3. The van der Waals surface area contributed by atoms with E-state index in [1.807, 2.05) is 12.2 Å². The van der Waals surface area contributed by atoms with Crippen LogP contribution in [0.5, 0.6) is 0 Å². The summed E-state index contributed by atoms with van der Waals surface area (Å²) in [4.78, 5) is 39.5. The average Bonchev–Trinajstić information content (AvgIpc) is 3.71. The topological polar surface area (TPSA) is 183 Å². The van der Waals surface area contributed by atoms with Crippen LogP contribution in [0.25, 0.3) is 0 Å². The lowest BCUT2D eigenvalue weighted by atomic mass is 9.55. The molecule has 45 heavy (non-hydrogen) atoms. The molecular weight excluding hydrogens is 584 g/mol. The number of fused-ring (bicyclic) bond motifs is 5. The van der Waals surface area contributed by atoms with Crippen LogP contribution in [-0.2, 0) is 28.6 Å². The van der Waals surface area contributed by atoms with Crippen LogP contribution in [0, 0.1) is 23.7 Å². The highest BCUT2D eigenvalue weighted by molar-refractivity contribution is 6.05. The highest BCUT2D eigenvalue weighted by atomic mass is 16.6. The van der Waals surface area contributed by atoms with Gasteiger partial charge in [0.1, 0.15) is 23.4 Å². The number of esters is 2. The molecule has 0 aromatic rings. The summed E-state index contributed by atoms with van der Waals surface area (Å²) in [5.41, 5.74) is -7.75. The SMILES string of the molecule is CCCCC/C=C/C=C/C=C/C(=O)OC1C(C)C2(O)C(CC1(C)OC(=O)C(C)CO)C1OC1(CO)C(O)C1(O)C(=O)C(C)=CC12. The summed E-state index contributed by atoms with van der Waals surface area (Å²) in [6.45, 7) is 6.95. The molecule has 0 bridgehead atoms. The van der Waals surface area contributed by atoms with Crippen LogP contribution in [-0.4, -0.2) is 97.2 Å². The van der Waals surface area contributed by atoms with Gasteiger partial charge in [-0.25, -0.2) is 4.79 Å². The Balaban J connectivity index is 1.69. The fraction of sp³-hybridized carbons (Fsp3) is 0.676. The summed E-state index contributed by atoms with van der Waals surface area (Å²) >= 11 is 0. The number of rotatable bonds is 12. The standard InChI is InChI=1S/C34H48O11/c1-6-7-8-9-10-11-12-13-14-15-25(37)43-27-22(4)33(41)23(17-31(27,5)45-29(39)21(3)18-35)28-32(19-36,44-28)30(40)34(42)24(33)16-20(2)26(34)38/h10-16,21-24,27-28,30,35-36,40-42H,6-9,17-19H2,1-5H3/b11-10+,13-12+,15-14+. The van der Waals surface area contributed by atoms with Crippen LogP contribution >= 0.6 is 0 Å². The molecule has 0 radical (unpaired) electrons. The molecule has 1 saturated heterocycles. The number of Topliss-reactive ketones (excluding diaryl/α,β-unsaturated/α-hetero) is 1. The van der Waals surface area contributed by atoms with Crippen molar-refractivity contribution in [1.29, 1.82) is 0 Å². The number of epoxide rings is 1. The predicted octanol–water partition coefficient (Wildman–Crippen LogP) is 1.85. The zero-order valence-corrected chi connectivity index (χ0v) is 26.7. The fourth-order valence-electron chi connectivity index (χ4n) is 7.66. The Morgan fingerprint density at radius 3 is 2.49 bits per heavy atom. The van der Waals surface area contributed by atoms with Gasteiger partial charge in [-0.3, -0.25) is 9.59 Å². The summed E-state index contributed by atoms with van der Waals surface area (Å²) in [6, 6.07) is 0. The van der Waals surface area contributed by atoms with Crippen LogP contribution < -0.4 is 0 Å². The molecule has 1 heterocycles. The molecule has 0 spiro atoms. The number of aliphatic hydroxyl groups excluding tert-OH is 3. The van der Waals surface area contributed by atoms with Gasteiger partial charge in [-0.1, -0.05) is 63.1 Å². The van der Waals surface area contributed by atoms with Gasteiger partial charge in [0.25, 0.3) is 0 Å². The lowest BCUT2D eigenvalue weighted by molar-refractivity contribution is -0.262. The van der Waals surface area contributed by atoms with Gasteiger partial charge in [0, 0.05) is 23.8 Å². The largest absolute Gasteiger partial charge is 0.455 e. The van der Waals surface area contributed by atoms with E-state index in [2.05, 4.69) is 6.92 Å². The molecule has 11 unspecified atom stereocenters. The van der Waals surface area contributed by atoms with Crippen molar-refractivity contribution in [3.8, 4) is 0 Å². The van der Waals surface area contributed by atoms with Crippen LogP contribution in [0.15, 0.2) is 48.1 Å². The van der Waals surface area contributed by atoms with Crippen LogP contribution in [0.1, 0.15) is 66.7 Å². The number of carbonyl (C=O) groups is 3. The Morgan fingerprint density at radius 1 is 1.16 bits per heavy atom. The van der Waals surface area contributed by atoms with Crippen LogP contribution in [0.3, 0.4) is 0 Å². The van der Waals surface area contributed by atoms with Gasteiger partial charge in [0.05, 0.1) is 30.8 Å². The van der Waals surface area contributed by atoms with Crippen molar-refractivity contribution in [2.75, 3.05) is 13.2 Å². The van der Waals surface area contributed by atoms with E-state index in [1.165, 1.54) is 32.1 Å². The number of hydrogen-bond acceptors (Lipinski definition) is 11. The molecule has 3 aliphatic carbocycles. The van der Waals surface area contributed by atoms with Crippen molar-refractivity contribution >= 4 is 17.7 Å². The third-order valence-electron chi connectivity index (χ3n) is 10.3. The first-order valence-corrected chi connectivity index (χ1v) is 15.9. The van der Waals surface area contributed by atoms with Gasteiger partial charge in [-0.05, 0) is 45.6 Å². The van der Waals surface area contributed by atoms with E-state index in [9.17, 15) is 39.9 Å². The van der Waals surface area contributed by atoms with Gasteiger partial charge in [-0.15, -0.1) is 0 Å². The maximum Gasteiger partial charge on any atom is 0.331 e. The molecule has 0 aromatic carbocycles. The van der Waals surface area contributed by atoms with Crippen molar-refractivity contribution in [3.63, 3.8) is 0 Å². The van der Waals surface area contributed by atoms with Gasteiger partial charge in [0.15, 0.2) is 11.4 Å². The molecule has 1 aliphatic heterocycles. The van der Waals surface area contributed by atoms with E-state index in [0.29, 0.717) is 0 Å². The Bertz CT molecular complexity index is 1270. The van der Waals surface area contributed by atoms with E-state index >= 15 is 0 Å². The summed E-state index contributed by atoms with van der Waals surface area (Å²) in [7, 11) is 0. The number of hydrogen-bond donors (Lipinski definition) is 5. The molecule has 11 heteroatoms. The second-order valence-corrected chi connectivity index (χ2v) is 13.4. The zero-order chi connectivity index (χ0) is 33.4. The number of ether oxygens (including phenoxy) is 3. The van der Waals surface area contributed by atoms with Crippen LogP contribution in [0.2, 0.25) is 0 Å². The Hall–Kier alpha value is -2.67. The van der Waals surface area contributed by atoms with Crippen molar-refractivity contribution in [3.05, 3.63) is 48.1 Å². The van der Waals surface area contributed by atoms with E-state index in [-0.39, 0.29) is 12.0 Å². The highest BCUT2D eigenvalue weighted by Gasteiger charge is 2.82. The lowest BCUT2D eigenvalue weighted by Crippen LogP contribution is -2.70. The molecule has 5 N–H and O–H groups in total. The number of aliphatic hydroxyl groups is 5. The van der Waals surface area contributed by atoms with E-state index in [1.54, 1.807) is 26.0 Å². The smallest absolute Gasteiger partial charge is 0.331 e. The molecule has 11 atom stereocenters. The summed E-state index contributed by atoms with van der Waals surface area (Å²) in [5.74, 6) is -6.67. The number of unbranched alkanes of at least 4 members (excludes halogenated alkanes) is 3. The summed E-state index contributed by atoms with van der Waals surface area (Å²) in [5, 5.41) is 55.9. The van der Waals surface area contributed by atoms with Gasteiger partial charge < -0.3 is 39.7 Å². The zero-order valence-electron chi connectivity index (χ0n) is 26.7. The third kappa shape index (κ3) is 5.87. The summed E-state index contributed by atoms with van der Waals surface area (Å²) < 4.78 is 17.7. The highest BCUT2D eigenvalue weighted by Crippen LogP contribution is 2.65. The Labute approximate surface area is 264 Å². The molecule has 0 aromatic heterocycles. The van der Waals surface area contributed by atoms with Gasteiger partial charge in [-0.2, -0.15) is 0 Å². The molecule has 4 rings (SSSR count). The molecule has 250 valence electrons. The minimum atomic E-state index is -2.53. The minimum Gasteiger partial charge on any atom is -0.455 e. The molecule has 0 amide bonds. The van der Waals surface area contributed by atoms with Crippen molar-refractivity contribution in [1.82, 2.24) is 0 Å². The molecule has 4 aliphatic rings. The fourth-order valence-corrected chi connectivity index (χ4v) is 7.66. The number of allylic oxidation sites excluding steroid dienone is 5. The van der Waals surface area contributed by atoms with Gasteiger partial charge in [0.2, 0.25) is 0 Å². The van der Waals surface area contributed by atoms with Crippen molar-refractivity contribution in [2.24, 2.45) is 23.7 Å². The number of carbonyl (C=O) groups excluding carboxylic acids is 3. The third-order valence-corrected chi connectivity index (χ3v) is 10.3. The molecule has 11 nitrogen and oxygen atoms in total. The van der Waals surface area contributed by atoms with Gasteiger partial charge >= 0.3 is 11.9 Å². The Morgan fingerprint density at radius 2 is 1.84 bits per heavy atom. The first-order chi connectivity index (χ1) is 21.2. The molecular formula is C34H48O11.